The summed E-state index contributed by atoms with van der Waals surface area (Å²) in [5.74, 6) is 0. The van der Waals surface area contributed by atoms with Gasteiger partial charge in [-0.15, -0.1) is 0 Å². The zero-order chi connectivity index (χ0) is 17.7. The molecular formula is C10H18MnN4S8. The van der Waals surface area contributed by atoms with Crippen molar-refractivity contribution in [2.45, 2.75) is 0 Å². The van der Waals surface area contributed by atoms with E-state index in [-0.39, 0.29) is 17.1 Å². The fraction of sp³-hybridized carbons (Fsp3) is 0.600. The molecule has 1 radical (unpaired) electrons. The van der Waals surface area contributed by atoms with Crippen LogP contribution < -0.4 is 10.6 Å². The number of rotatable bonds is 3. The summed E-state index contributed by atoms with van der Waals surface area (Å²) >= 11 is 28.5. The van der Waals surface area contributed by atoms with Gasteiger partial charge in [-0.2, -0.15) is 0 Å². The van der Waals surface area contributed by atoms with E-state index in [0.29, 0.717) is 21.7 Å². The van der Waals surface area contributed by atoms with E-state index in [4.69, 9.17) is 24.4 Å². The van der Waals surface area contributed by atoms with E-state index in [1.54, 1.807) is 0 Å². The summed E-state index contributed by atoms with van der Waals surface area (Å²) in [6.45, 7) is 1.33. The SMILES string of the molecule is CN(C)C(=S)SSC(=S)N(C)C.S=C([S-])NCCNC(=S)[S-].[Mn+2]. The van der Waals surface area contributed by atoms with E-state index in [1.165, 1.54) is 21.6 Å². The van der Waals surface area contributed by atoms with Crippen LogP contribution in [0.5, 0.6) is 0 Å². The number of thiocarbonyl (C=S) groups is 4. The summed E-state index contributed by atoms with van der Waals surface area (Å²) in [5.41, 5.74) is 0. The summed E-state index contributed by atoms with van der Waals surface area (Å²) in [4.78, 5) is 3.79. The van der Waals surface area contributed by atoms with Crippen LogP contribution in [0.4, 0.5) is 0 Å². The van der Waals surface area contributed by atoms with Crippen LogP contribution in [0.3, 0.4) is 0 Å². The Morgan fingerprint density at radius 3 is 1.22 bits per heavy atom. The summed E-state index contributed by atoms with van der Waals surface area (Å²) in [7, 11) is 10.7. The Labute approximate surface area is 190 Å². The van der Waals surface area contributed by atoms with Crippen molar-refractivity contribution < 1.29 is 17.1 Å². The molecule has 0 aliphatic heterocycles. The minimum absolute atomic E-state index is 0. The number of nitrogens with one attached hydrogen (secondary N) is 2. The molecule has 0 fully saturated rings. The number of hydrogen-bond acceptors (Lipinski definition) is 8. The van der Waals surface area contributed by atoms with Crippen molar-refractivity contribution in [2.24, 2.45) is 0 Å². The second kappa shape index (κ2) is 18.0. The number of nitrogens with zero attached hydrogens (tertiary/aromatic N) is 2. The Hall–Kier alpha value is 1.22. The molecule has 2 N–H and O–H groups in total. The largest absolute Gasteiger partial charge is 2.00 e. The molecule has 0 amide bonds. The van der Waals surface area contributed by atoms with Gasteiger partial charge >= 0.3 is 17.1 Å². The molecule has 0 bridgehead atoms. The van der Waals surface area contributed by atoms with Crippen molar-refractivity contribution in [1.29, 1.82) is 0 Å². The molecule has 4 nitrogen and oxygen atoms in total. The fourth-order valence-corrected chi connectivity index (χ4v) is 3.33. The van der Waals surface area contributed by atoms with E-state index >= 15 is 0 Å². The van der Waals surface area contributed by atoms with Crippen molar-refractivity contribution >= 4 is 113 Å². The first-order valence-corrected chi connectivity index (χ1v) is 10.3. The molecule has 0 rings (SSSR count). The van der Waals surface area contributed by atoms with Gasteiger partial charge in [0.25, 0.3) is 0 Å². The molecule has 0 aliphatic carbocycles. The molecule has 0 saturated heterocycles. The van der Waals surface area contributed by atoms with Crippen LogP contribution in [-0.4, -0.2) is 68.4 Å². The van der Waals surface area contributed by atoms with Crippen molar-refractivity contribution in [3.8, 4) is 0 Å². The fourth-order valence-electron chi connectivity index (χ4n) is 0.549. The molecule has 0 atom stereocenters. The third-order valence-electron chi connectivity index (χ3n) is 1.58. The first kappa shape index (κ1) is 29.0. The maximum atomic E-state index is 5.07. The molecule has 23 heavy (non-hydrogen) atoms. The smallest absolute Gasteiger partial charge is 0.412 e. The Kier molecular flexibility index (Phi) is 22.7. The zero-order valence-electron chi connectivity index (χ0n) is 13.0. The van der Waals surface area contributed by atoms with Gasteiger partial charge in [-0.05, 0) is 21.6 Å². The molecule has 13 heteroatoms. The van der Waals surface area contributed by atoms with Crippen molar-refractivity contribution in [1.82, 2.24) is 20.4 Å². The Bertz CT molecular complexity index is 355. The molecular weight excluding hydrogens is 488 g/mol. The van der Waals surface area contributed by atoms with Gasteiger partial charge in [0.1, 0.15) is 8.64 Å². The van der Waals surface area contributed by atoms with Crippen LogP contribution in [0.1, 0.15) is 0 Å². The normalized spacial score (nSPS) is 8.52. The molecule has 0 aromatic carbocycles. The Morgan fingerprint density at radius 1 is 0.783 bits per heavy atom. The van der Waals surface area contributed by atoms with Gasteiger partial charge in [0.15, 0.2) is 0 Å². The van der Waals surface area contributed by atoms with E-state index in [1.807, 2.05) is 38.0 Å². The van der Waals surface area contributed by atoms with Crippen LogP contribution >= 0.6 is 70.5 Å². The number of hydrogen-bond donors (Lipinski definition) is 2. The van der Waals surface area contributed by atoms with Gasteiger partial charge in [0.05, 0.1) is 0 Å². The summed E-state index contributed by atoms with van der Waals surface area (Å²) in [6, 6.07) is 0. The zero-order valence-corrected chi connectivity index (χ0v) is 20.7. The predicted molar refractivity (Wildman–Crippen MR) is 124 cm³/mol. The monoisotopic (exact) mass is 505 g/mol. The standard InChI is InChI=1S/C6H12N2S4.C4H8N2S4.Mn/c1-7(2)5(9)11-12-6(10)8(3)4;7-3(8)5-1-2-6-4(9)10;/h1-4H3;1-2H2,(H2,5,7,8)(H2,6,9,10);/q;;+2/p-2. The van der Waals surface area contributed by atoms with Crippen LogP contribution in [0, 0.1) is 0 Å². The first-order chi connectivity index (χ1) is 10.1. The average Bonchev–Trinajstić information content (AvgIpc) is 2.40. The Morgan fingerprint density at radius 2 is 1.04 bits per heavy atom. The minimum atomic E-state index is 0. The van der Waals surface area contributed by atoms with Gasteiger partial charge in [-0.1, -0.05) is 33.1 Å². The first-order valence-electron chi connectivity index (χ1n) is 5.74. The summed E-state index contributed by atoms with van der Waals surface area (Å²) in [6.07, 6.45) is 0. The molecule has 0 saturated carbocycles. The molecule has 0 aliphatic rings. The van der Waals surface area contributed by atoms with Crippen molar-refractivity contribution in [3.63, 3.8) is 0 Å². The molecule has 0 aromatic rings. The second-order valence-corrected chi connectivity index (χ2v) is 9.46. The van der Waals surface area contributed by atoms with E-state index in [2.05, 4.69) is 60.3 Å². The third kappa shape index (κ3) is 23.2. The quantitative estimate of drug-likeness (QED) is 0.193. The van der Waals surface area contributed by atoms with Gasteiger partial charge < -0.3 is 70.1 Å². The topological polar surface area (TPSA) is 30.5 Å². The van der Waals surface area contributed by atoms with Crippen molar-refractivity contribution in [3.05, 3.63) is 0 Å². The van der Waals surface area contributed by atoms with Gasteiger partial charge in [0.2, 0.25) is 0 Å². The maximum Gasteiger partial charge on any atom is 2.00 e. The van der Waals surface area contributed by atoms with E-state index < -0.39 is 0 Å². The second-order valence-electron chi connectivity index (χ2n) is 3.92. The van der Waals surface area contributed by atoms with Crippen LogP contribution in [-0.2, 0) is 42.3 Å². The average molecular weight is 506 g/mol. The molecule has 0 aromatic heterocycles. The van der Waals surface area contributed by atoms with Crippen LogP contribution in [0.15, 0.2) is 0 Å². The molecule has 0 spiro atoms. The van der Waals surface area contributed by atoms with Gasteiger partial charge in [0, 0.05) is 41.3 Å². The summed E-state index contributed by atoms with van der Waals surface area (Å²) in [5, 5.41) is 5.56. The van der Waals surface area contributed by atoms with Gasteiger partial charge in [-0.3, -0.25) is 0 Å². The molecule has 0 heterocycles. The Balaban J connectivity index is -0.000000338. The predicted octanol–water partition coefficient (Wildman–Crippen LogP) is 1.89. The minimum Gasteiger partial charge on any atom is -0.412 e. The summed E-state index contributed by atoms with van der Waals surface area (Å²) < 4.78 is 2.42. The van der Waals surface area contributed by atoms with Crippen LogP contribution in [0.25, 0.3) is 0 Å². The maximum absolute atomic E-state index is 5.07. The molecule has 0 unspecified atom stereocenters. The van der Waals surface area contributed by atoms with E-state index in [9.17, 15) is 0 Å². The van der Waals surface area contributed by atoms with Crippen LogP contribution in [0.2, 0.25) is 0 Å². The molecule has 133 valence electrons. The van der Waals surface area contributed by atoms with Crippen molar-refractivity contribution in [2.75, 3.05) is 41.3 Å². The van der Waals surface area contributed by atoms with Gasteiger partial charge in [-0.25, -0.2) is 0 Å². The third-order valence-corrected chi connectivity index (χ3v) is 6.31. The van der Waals surface area contributed by atoms with E-state index in [0.717, 1.165) is 8.64 Å².